The van der Waals surface area contributed by atoms with E-state index in [1.54, 1.807) is 42.1 Å². The van der Waals surface area contributed by atoms with E-state index in [9.17, 15) is 9.59 Å². The number of fused-ring (bicyclic) bond motifs is 1. The Bertz CT molecular complexity index is 1350. The first-order valence-corrected chi connectivity index (χ1v) is 9.66. The van der Waals surface area contributed by atoms with Crippen LogP contribution in [0.15, 0.2) is 63.2 Å². The van der Waals surface area contributed by atoms with Gasteiger partial charge >= 0.3 is 5.69 Å². The molecule has 0 bridgehead atoms. The second kappa shape index (κ2) is 8.17. The molecule has 30 heavy (non-hydrogen) atoms. The van der Waals surface area contributed by atoms with Gasteiger partial charge in [0.05, 0.1) is 12.8 Å². The summed E-state index contributed by atoms with van der Waals surface area (Å²) in [5, 5.41) is 5.45. The highest BCUT2D eigenvalue weighted by Gasteiger charge is 2.17. The number of nitrogens with one attached hydrogen (secondary N) is 2. The molecule has 0 aliphatic carbocycles. The molecule has 0 atom stereocenters. The van der Waals surface area contributed by atoms with E-state index in [1.807, 2.05) is 24.3 Å². The minimum Gasteiger partial charge on any atom is -0.298 e. The third-order valence-electron chi connectivity index (χ3n) is 4.51. The van der Waals surface area contributed by atoms with Crippen molar-refractivity contribution < 1.29 is 0 Å². The number of rotatable bonds is 5. The van der Waals surface area contributed by atoms with E-state index in [0.29, 0.717) is 22.5 Å². The van der Waals surface area contributed by atoms with Gasteiger partial charge in [-0.05, 0) is 35.4 Å². The van der Waals surface area contributed by atoms with Crippen LogP contribution in [0.2, 0.25) is 10.0 Å². The van der Waals surface area contributed by atoms with Crippen molar-refractivity contribution in [2.75, 3.05) is 5.43 Å². The maximum atomic E-state index is 12.5. The summed E-state index contributed by atoms with van der Waals surface area (Å²) in [7, 11) is 1.54. The highest BCUT2D eigenvalue weighted by atomic mass is 35.5. The summed E-state index contributed by atoms with van der Waals surface area (Å²) in [4.78, 5) is 31.2. The van der Waals surface area contributed by atoms with E-state index in [0.717, 1.165) is 11.1 Å². The first-order chi connectivity index (χ1) is 14.4. The number of anilines is 1. The van der Waals surface area contributed by atoms with Gasteiger partial charge in [-0.2, -0.15) is 10.1 Å². The van der Waals surface area contributed by atoms with Gasteiger partial charge in [0.25, 0.3) is 5.56 Å². The molecule has 0 fully saturated rings. The van der Waals surface area contributed by atoms with Crippen molar-refractivity contribution in [3.05, 3.63) is 90.5 Å². The fraction of sp³-hybridized carbons (Fsp3) is 0.100. The number of hydrogen-bond acceptors (Lipinski definition) is 5. The van der Waals surface area contributed by atoms with Crippen LogP contribution in [0.4, 0.5) is 5.95 Å². The number of halogens is 2. The van der Waals surface area contributed by atoms with Crippen molar-refractivity contribution in [3.63, 3.8) is 0 Å². The molecule has 0 radical (unpaired) electrons. The number of benzene rings is 2. The molecule has 10 heteroatoms. The van der Waals surface area contributed by atoms with Gasteiger partial charge in [0.2, 0.25) is 5.95 Å². The minimum absolute atomic E-state index is 0.252. The molecule has 0 saturated heterocycles. The Labute approximate surface area is 180 Å². The molecule has 0 amide bonds. The van der Waals surface area contributed by atoms with Crippen LogP contribution in [0.25, 0.3) is 11.2 Å². The Hall–Kier alpha value is -3.36. The molecule has 2 aromatic carbocycles. The fourth-order valence-electron chi connectivity index (χ4n) is 2.96. The number of imidazole rings is 1. The number of aromatic nitrogens is 4. The Morgan fingerprint density at radius 2 is 1.70 bits per heavy atom. The minimum atomic E-state index is -0.542. The zero-order valence-corrected chi connectivity index (χ0v) is 17.3. The van der Waals surface area contributed by atoms with E-state index < -0.39 is 11.2 Å². The lowest BCUT2D eigenvalue weighted by Crippen LogP contribution is -2.29. The standard InChI is InChI=1S/C20H16Cl2N6O2/c1-27-17-16(18(29)25-20(27)30)28(11-13-4-8-15(22)9-5-13)19(24-17)26-23-10-12-2-6-14(21)7-3-12/h2-10H,11H2,1H3,(H,24,26)(H,25,29,30)/b23-10-. The van der Waals surface area contributed by atoms with E-state index >= 15 is 0 Å². The Kier molecular flexibility index (Phi) is 5.43. The molecule has 8 nitrogen and oxygen atoms in total. The Balaban J connectivity index is 1.77. The van der Waals surface area contributed by atoms with Crippen molar-refractivity contribution in [2.24, 2.45) is 12.1 Å². The van der Waals surface area contributed by atoms with E-state index in [1.165, 1.54) is 4.57 Å². The summed E-state index contributed by atoms with van der Waals surface area (Å²) in [6, 6.07) is 14.4. The molecule has 2 N–H and O–H groups in total. The van der Waals surface area contributed by atoms with E-state index in [-0.39, 0.29) is 11.2 Å². The number of H-pyrrole nitrogens is 1. The molecule has 0 unspecified atom stereocenters. The first-order valence-electron chi connectivity index (χ1n) is 8.91. The van der Waals surface area contributed by atoms with Crippen LogP contribution in [0.3, 0.4) is 0 Å². The number of aromatic amines is 1. The van der Waals surface area contributed by atoms with Crippen LogP contribution < -0.4 is 16.7 Å². The van der Waals surface area contributed by atoms with Gasteiger partial charge < -0.3 is 0 Å². The largest absolute Gasteiger partial charge is 0.329 e. The summed E-state index contributed by atoms with van der Waals surface area (Å²) in [6.45, 7) is 0.327. The van der Waals surface area contributed by atoms with Crippen molar-refractivity contribution >= 4 is 46.5 Å². The summed E-state index contributed by atoms with van der Waals surface area (Å²) in [6.07, 6.45) is 1.60. The molecule has 152 valence electrons. The quantitative estimate of drug-likeness (QED) is 0.366. The fourth-order valence-corrected chi connectivity index (χ4v) is 3.21. The first kappa shape index (κ1) is 19.9. The lowest BCUT2D eigenvalue weighted by molar-refractivity contribution is 0.808. The predicted octanol–water partition coefficient (Wildman–Crippen LogP) is 3.22. The molecule has 2 aromatic heterocycles. The normalized spacial score (nSPS) is 11.4. The van der Waals surface area contributed by atoms with Crippen molar-refractivity contribution in [2.45, 2.75) is 6.54 Å². The van der Waals surface area contributed by atoms with Crippen LogP contribution in [0.5, 0.6) is 0 Å². The second-order valence-corrected chi connectivity index (χ2v) is 7.43. The highest BCUT2D eigenvalue weighted by Crippen LogP contribution is 2.19. The molecule has 2 heterocycles. The van der Waals surface area contributed by atoms with E-state index in [4.69, 9.17) is 23.2 Å². The Morgan fingerprint density at radius 3 is 2.37 bits per heavy atom. The zero-order valence-electron chi connectivity index (χ0n) is 15.8. The van der Waals surface area contributed by atoms with Crippen LogP contribution in [0, 0.1) is 0 Å². The lowest BCUT2D eigenvalue weighted by Gasteiger charge is -2.08. The second-order valence-electron chi connectivity index (χ2n) is 6.56. The lowest BCUT2D eigenvalue weighted by atomic mass is 10.2. The van der Waals surface area contributed by atoms with Crippen LogP contribution >= 0.6 is 23.2 Å². The maximum absolute atomic E-state index is 12.5. The smallest absolute Gasteiger partial charge is 0.298 e. The van der Waals surface area contributed by atoms with Gasteiger partial charge in [-0.3, -0.25) is 18.9 Å². The van der Waals surface area contributed by atoms with Gasteiger partial charge in [0.15, 0.2) is 11.2 Å². The molecule has 0 saturated carbocycles. The van der Waals surface area contributed by atoms with Crippen LogP contribution in [0.1, 0.15) is 11.1 Å². The Morgan fingerprint density at radius 1 is 1.07 bits per heavy atom. The monoisotopic (exact) mass is 442 g/mol. The molecule has 0 spiro atoms. The summed E-state index contributed by atoms with van der Waals surface area (Å²) < 4.78 is 2.94. The summed E-state index contributed by atoms with van der Waals surface area (Å²) >= 11 is 11.9. The summed E-state index contributed by atoms with van der Waals surface area (Å²) in [5.74, 6) is 0.317. The summed E-state index contributed by atoms with van der Waals surface area (Å²) in [5.41, 5.74) is 4.04. The maximum Gasteiger partial charge on any atom is 0.329 e. The SMILES string of the molecule is Cn1c(=O)[nH]c(=O)c2c1nc(N/N=C\c1ccc(Cl)cc1)n2Cc1ccc(Cl)cc1. The molecular weight excluding hydrogens is 427 g/mol. The molecule has 0 aliphatic heterocycles. The van der Waals surface area contributed by atoms with E-state index in [2.05, 4.69) is 20.5 Å². The number of hydrazone groups is 1. The van der Waals surface area contributed by atoms with Gasteiger partial charge in [0.1, 0.15) is 0 Å². The third-order valence-corrected chi connectivity index (χ3v) is 5.01. The van der Waals surface area contributed by atoms with Crippen molar-refractivity contribution in [1.82, 2.24) is 19.1 Å². The van der Waals surface area contributed by atoms with Gasteiger partial charge in [0, 0.05) is 17.1 Å². The van der Waals surface area contributed by atoms with Crippen molar-refractivity contribution in [1.29, 1.82) is 0 Å². The van der Waals surface area contributed by atoms with Crippen LogP contribution in [-0.2, 0) is 13.6 Å². The van der Waals surface area contributed by atoms with Gasteiger partial charge in [-0.1, -0.05) is 47.5 Å². The predicted molar refractivity (Wildman–Crippen MR) is 119 cm³/mol. The third kappa shape index (κ3) is 4.00. The topological polar surface area (TPSA) is 97.1 Å². The molecular formula is C20H16Cl2N6O2. The van der Waals surface area contributed by atoms with Gasteiger partial charge in [-0.25, -0.2) is 10.2 Å². The molecule has 4 rings (SSSR count). The van der Waals surface area contributed by atoms with Crippen molar-refractivity contribution in [3.8, 4) is 0 Å². The molecule has 0 aliphatic rings. The average Bonchev–Trinajstić information content (AvgIpc) is 3.08. The van der Waals surface area contributed by atoms with Gasteiger partial charge in [-0.15, -0.1) is 0 Å². The number of hydrogen-bond donors (Lipinski definition) is 2. The van der Waals surface area contributed by atoms with Crippen LogP contribution in [-0.4, -0.2) is 25.3 Å². The average molecular weight is 443 g/mol. The molecule has 4 aromatic rings. The zero-order chi connectivity index (χ0) is 21.3. The number of nitrogens with zero attached hydrogens (tertiary/aromatic N) is 4. The number of aryl methyl sites for hydroxylation is 1. The highest BCUT2D eigenvalue weighted by molar-refractivity contribution is 6.30.